The minimum absolute atomic E-state index is 0.141. The van der Waals surface area contributed by atoms with Gasteiger partial charge in [0.05, 0.1) is 12.0 Å². The largest absolute Gasteiger partial charge is 0.548 e. The summed E-state index contributed by atoms with van der Waals surface area (Å²) in [5, 5.41) is 14.9. The number of carboxylic acid groups (broad SMARTS) is 1. The molecule has 1 amide bonds. The molecule has 1 aromatic heterocycles. The van der Waals surface area contributed by atoms with Crippen molar-refractivity contribution in [3.05, 3.63) is 36.0 Å². The van der Waals surface area contributed by atoms with Crippen LogP contribution in [0.5, 0.6) is 0 Å². The summed E-state index contributed by atoms with van der Waals surface area (Å²) in [6.07, 6.45) is 4.39. The van der Waals surface area contributed by atoms with Crippen LogP contribution < -0.4 is 10.4 Å². The van der Waals surface area contributed by atoms with E-state index in [1.54, 1.807) is 6.92 Å². The van der Waals surface area contributed by atoms with Gasteiger partial charge < -0.3 is 20.2 Å². The Morgan fingerprint density at radius 1 is 1.30 bits per heavy atom. The zero-order valence-corrected chi connectivity index (χ0v) is 13.6. The molecule has 1 aromatic carbocycles. The Labute approximate surface area is 136 Å². The summed E-state index contributed by atoms with van der Waals surface area (Å²) in [6.45, 7) is 3.69. The molecule has 0 saturated carbocycles. The van der Waals surface area contributed by atoms with Crippen LogP contribution in [0, 0.1) is 5.92 Å². The van der Waals surface area contributed by atoms with Crippen LogP contribution in [0.2, 0.25) is 0 Å². The maximum atomic E-state index is 12.0. The molecule has 2 N–H and O–H groups in total. The van der Waals surface area contributed by atoms with Crippen LogP contribution in [-0.2, 0) is 16.0 Å². The number of nitrogens with one attached hydrogen (secondary N) is 2. The van der Waals surface area contributed by atoms with E-state index in [1.165, 1.54) is 10.9 Å². The van der Waals surface area contributed by atoms with E-state index in [1.807, 2.05) is 31.3 Å². The molecule has 0 fully saturated rings. The molecule has 0 spiro atoms. The molecule has 0 saturated heterocycles. The highest BCUT2D eigenvalue weighted by Crippen LogP contribution is 2.19. The van der Waals surface area contributed by atoms with Gasteiger partial charge in [0, 0.05) is 23.5 Å². The topological polar surface area (TPSA) is 85.0 Å². The number of hydrogen-bond acceptors (Lipinski definition) is 3. The molecule has 2 rings (SSSR count). The number of amides is 1. The molecule has 0 aliphatic rings. The predicted octanol–water partition coefficient (Wildman–Crippen LogP) is 1.77. The second-order valence-corrected chi connectivity index (χ2v) is 5.96. The molecular weight excluding hydrogens is 292 g/mol. The van der Waals surface area contributed by atoms with Crippen molar-refractivity contribution >= 4 is 22.8 Å². The minimum Gasteiger partial charge on any atom is -0.548 e. The summed E-state index contributed by atoms with van der Waals surface area (Å²) in [4.78, 5) is 26.3. The van der Waals surface area contributed by atoms with Crippen molar-refractivity contribution in [2.24, 2.45) is 5.92 Å². The number of aromatic amines is 1. The van der Waals surface area contributed by atoms with Gasteiger partial charge in [0.1, 0.15) is 0 Å². The minimum atomic E-state index is -1.22. The van der Waals surface area contributed by atoms with Gasteiger partial charge in [-0.3, -0.25) is 4.79 Å². The lowest BCUT2D eigenvalue weighted by atomic mass is 9.99. The Bertz CT molecular complexity index is 678. The highest BCUT2D eigenvalue weighted by molar-refractivity contribution is 5.84. The van der Waals surface area contributed by atoms with Gasteiger partial charge in [0.25, 0.3) is 0 Å². The van der Waals surface area contributed by atoms with Crippen LogP contribution in [0.3, 0.4) is 0 Å². The Balaban J connectivity index is 1.86. The van der Waals surface area contributed by atoms with Crippen molar-refractivity contribution in [2.75, 3.05) is 0 Å². The highest BCUT2D eigenvalue weighted by atomic mass is 16.4. The maximum Gasteiger partial charge on any atom is 0.220 e. The Hall–Kier alpha value is -2.30. The van der Waals surface area contributed by atoms with Gasteiger partial charge in [-0.2, -0.15) is 0 Å². The molecule has 0 aliphatic heterocycles. The van der Waals surface area contributed by atoms with Gasteiger partial charge in [-0.25, -0.2) is 0 Å². The SMILES string of the molecule is CC[C@@H](C)[C@@H](NC(=O)CCCc1c[nH]c2ccccc12)C(=O)[O-]. The van der Waals surface area contributed by atoms with Gasteiger partial charge in [-0.05, 0) is 30.4 Å². The third kappa shape index (κ3) is 4.34. The molecule has 1 heterocycles. The molecule has 2 atom stereocenters. The number of fused-ring (bicyclic) bond motifs is 1. The van der Waals surface area contributed by atoms with Crippen molar-refractivity contribution in [3.8, 4) is 0 Å². The quantitative estimate of drug-likeness (QED) is 0.778. The van der Waals surface area contributed by atoms with E-state index >= 15 is 0 Å². The molecule has 2 aromatic rings. The third-order valence-electron chi connectivity index (χ3n) is 4.31. The second kappa shape index (κ2) is 7.81. The maximum absolute atomic E-state index is 12.0. The van der Waals surface area contributed by atoms with E-state index < -0.39 is 12.0 Å². The van der Waals surface area contributed by atoms with Crippen LogP contribution in [0.4, 0.5) is 0 Å². The van der Waals surface area contributed by atoms with Crippen LogP contribution in [0.15, 0.2) is 30.5 Å². The van der Waals surface area contributed by atoms with Gasteiger partial charge in [0.2, 0.25) is 5.91 Å². The predicted molar refractivity (Wildman–Crippen MR) is 87.6 cm³/mol. The number of rotatable bonds is 8. The second-order valence-electron chi connectivity index (χ2n) is 5.96. The first-order valence-electron chi connectivity index (χ1n) is 8.08. The van der Waals surface area contributed by atoms with Crippen LogP contribution in [0.1, 0.15) is 38.7 Å². The lowest BCUT2D eigenvalue weighted by Gasteiger charge is -2.25. The van der Waals surface area contributed by atoms with Crippen molar-refractivity contribution in [3.63, 3.8) is 0 Å². The summed E-state index contributed by atoms with van der Waals surface area (Å²) in [5.41, 5.74) is 2.26. The highest BCUT2D eigenvalue weighted by Gasteiger charge is 2.19. The smallest absolute Gasteiger partial charge is 0.220 e. The normalized spacial score (nSPS) is 13.7. The summed E-state index contributed by atoms with van der Waals surface area (Å²) in [6, 6.07) is 7.12. The van der Waals surface area contributed by atoms with E-state index in [-0.39, 0.29) is 11.8 Å². The fraction of sp³-hybridized carbons (Fsp3) is 0.444. The number of aromatic nitrogens is 1. The summed E-state index contributed by atoms with van der Waals surface area (Å²) >= 11 is 0. The number of carbonyl (C=O) groups excluding carboxylic acids is 2. The molecule has 0 aliphatic carbocycles. The van der Waals surface area contributed by atoms with E-state index in [4.69, 9.17) is 0 Å². The molecular formula is C18H23N2O3-. The van der Waals surface area contributed by atoms with E-state index in [9.17, 15) is 14.7 Å². The van der Waals surface area contributed by atoms with Crippen molar-refractivity contribution < 1.29 is 14.7 Å². The Morgan fingerprint density at radius 2 is 2.04 bits per heavy atom. The van der Waals surface area contributed by atoms with Gasteiger partial charge >= 0.3 is 0 Å². The van der Waals surface area contributed by atoms with Crippen molar-refractivity contribution in [2.45, 2.75) is 45.6 Å². The van der Waals surface area contributed by atoms with Crippen LogP contribution >= 0.6 is 0 Å². The molecule has 23 heavy (non-hydrogen) atoms. The Kier molecular flexibility index (Phi) is 5.79. The molecule has 124 valence electrons. The van der Waals surface area contributed by atoms with E-state index in [0.717, 1.165) is 11.9 Å². The summed E-state index contributed by atoms with van der Waals surface area (Å²) in [5.74, 6) is -1.60. The van der Waals surface area contributed by atoms with Gasteiger partial charge in [-0.1, -0.05) is 38.5 Å². The monoisotopic (exact) mass is 315 g/mol. The zero-order valence-electron chi connectivity index (χ0n) is 13.6. The van der Waals surface area contributed by atoms with Gasteiger partial charge in [-0.15, -0.1) is 0 Å². The number of aliphatic carboxylic acids is 1. The Morgan fingerprint density at radius 3 is 2.74 bits per heavy atom. The van der Waals surface area contributed by atoms with Crippen LogP contribution in [-0.4, -0.2) is 22.9 Å². The van der Waals surface area contributed by atoms with Crippen LogP contribution in [0.25, 0.3) is 10.9 Å². The number of benzene rings is 1. The first-order valence-corrected chi connectivity index (χ1v) is 8.08. The van der Waals surface area contributed by atoms with E-state index in [2.05, 4.69) is 16.4 Å². The summed E-state index contributed by atoms with van der Waals surface area (Å²) < 4.78 is 0. The number of carbonyl (C=O) groups is 2. The fourth-order valence-corrected chi connectivity index (χ4v) is 2.69. The fourth-order valence-electron chi connectivity index (χ4n) is 2.69. The molecule has 0 bridgehead atoms. The van der Waals surface area contributed by atoms with Crippen molar-refractivity contribution in [1.82, 2.24) is 10.3 Å². The molecule has 5 heteroatoms. The first-order chi connectivity index (χ1) is 11.0. The molecule has 5 nitrogen and oxygen atoms in total. The molecule has 0 radical (unpaired) electrons. The first kappa shape index (κ1) is 17.1. The number of carboxylic acids is 1. The average molecular weight is 315 g/mol. The number of aryl methyl sites for hydroxylation is 1. The average Bonchev–Trinajstić information content (AvgIpc) is 2.95. The van der Waals surface area contributed by atoms with Crippen molar-refractivity contribution in [1.29, 1.82) is 0 Å². The summed E-state index contributed by atoms with van der Waals surface area (Å²) in [7, 11) is 0. The van der Waals surface area contributed by atoms with E-state index in [0.29, 0.717) is 19.3 Å². The third-order valence-corrected chi connectivity index (χ3v) is 4.31. The van der Waals surface area contributed by atoms with Gasteiger partial charge in [0.15, 0.2) is 0 Å². The number of H-pyrrole nitrogens is 1. The standard InChI is InChI=1S/C18H24N2O3/c1-3-12(2)17(18(22)23)20-16(21)10-6-7-13-11-19-15-9-5-4-8-14(13)15/h4-5,8-9,11-12,17,19H,3,6-7,10H2,1-2H3,(H,20,21)(H,22,23)/p-1/t12-,17-/m1/s1. The number of hydrogen-bond donors (Lipinski definition) is 2. The molecule has 0 unspecified atom stereocenters. The lowest BCUT2D eigenvalue weighted by molar-refractivity contribution is -0.309. The lowest BCUT2D eigenvalue weighted by Crippen LogP contribution is -2.51. The number of para-hydroxylation sites is 1. The zero-order chi connectivity index (χ0) is 16.8.